The molecular weight excluding hydrogens is 408 g/mol. The smallest absolute Gasteiger partial charge is 0.263 e. The molecule has 0 saturated heterocycles. The number of para-hydroxylation sites is 1. The molecule has 3 aromatic carbocycles. The average Bonchev–Trinajstić information content (AvgIpc) is 3.30. The molecule has 0 spiro atoms. The van der Waals surface area contributed by atoms with Crippen LogP contribution in [0.25, 0.3) is 38.3 Å². The first-order chi connectivity index (χ1) is 15.7. The van der Waals surface area contributed by atoms with E-state index in [0.29, 0.717) is 39.6 Å². The molecule has 0 fully saturated rings. The maximum atomic E-state index is 13.9. The number of nitrogens with zero attached hydrogens (tertiary/aromatic N) is 2. The number of hydrogen-bond donors (Lipinski definition) is 0. The molecule has 6 rings (SSSR count). The summed E-state index contributed by atoms with van der Waals surface area (Å²) >= 11 is 0. The van der Waals surface area contributed by atoms with E-state index in [1.807, 2.05) is 48.5 Å². The highest BCUT2D eigenvalue weighted by atomic mass is 16.7. The van der Waals surface area contributed by atoms with Crippen LogP contribution in [0.1, 0.15) is 0 Å². The van der Waals surface area contributed by atoms with E-state index in [2.05, 4.69) is 4.98 Å². The highest BCUT2D eigenvalue weighted by Crippen LogP contribution is 2.41. The van der Waals surface area contributed by atoms with Gasteiger partial charge in [-0.05, 0) is 30.3 Å². The molecule has 158 valence electrons. The van der Waals surface area contributed by atoms with Crippen LogP contribution in [0.2, 0.25) is 0 Å². The number of hydrogen-bond acceptors (Lipinski definition) is 6. The predicted molar refractivity (Wildman–Crippen MR) is 122 cm³/mol. The van der Waals surface area contributed by atoms with Crippen LogP contribution >= 0.6 is 0 Å². The van der Waals surface area contributed by atoms with E-state index in [4.69, 9.17) is 18.9 Å². The molecule has 0 amide bonds. The summed E-state index contributed by atoms with van der Waals surface area (Å²) in [7, 11) is 3.16. The second-order valence-corrected chi connectivity index (χ2v) is 7.47. The summed E-state index contributed by atoms with van der Waals surface area (Å²) in [6.07, 6.45) is 1.72. The normalized spacial score (nSPS) is 12.6. The van der Waals surface area contributed by atoms with Crippen LogP contribution in [0.3, 0.4) is 0 Å². The van der Waals surface area contributed by atoms with Gasteiger partial charge in [0.2, 0.25) is 6.79 Å². The zero-order valence-electron chi connectivity index (χ0n) is 17.4. The highest BCUT2D eigenvalue weighted by Gasteiger charge is 2.22. The Morgan fingerprint density at radius 1 is 0.875 bits per heavy atom. The van der Waals surface area contributed by atoms with Gasteiger partial charge in [-0.25, -0.2) is 0 Å². The first-order valence-electron chi connectivity index (χ1n) is 10.1. The van der Waals surface area contributed by atoms with E-state index in [1.54, 1.807) is 31.0 Å². The summed E-state index contributed by atoms with van der Waals surface area (Å²) in [6, 6.07) is 16.9. The van der Waals surface area contributed by atoms with Gasteiger partial charge in [-0.2, -0.15) is 0 Å². The Morgan fingerprint density at radius 2 is 1.59 bits per heavy atom. The first-order valence-corrected chi connectivity index (χ1v) is 10.1. The van der Waals surface area contributed by atoms with Gasteiger partial charge in [0.25, 0.3) is 5.56 Å². The van der Waals surface area contributed by atoms with Crippen molar-refractivity contribution in [2.45, 2.75) is 0 Å². The fourth-order valence-electron chi connectivity index (χ4n) is 4.35. The van der Waals surface area contributed by atoms with Crippen molar-refractivity contribution in [3.05, 3.63) is 71.1 Å². The number of methoxy groups -OCH3 is 2. The first kappa shape index (κ1) is 18.5. The van der Waals surface area contributed by atoms with Crippen molar-refractivity contribution in [3.8, 4) is 28.7 Å². The van der Waals surface area contributed by atoms with Gasteiger partial charge in [0.1, 0.15) is 0 Å². The van der Waals surface area contributed by atoms with Crippen molar-refractivity contribution in [2.24, 2.45) is 0 Å². The monoisotopic (exact) mass is 426 g/mol. The Balaban J connectivity index is 1.84. The molecule has 0 N–H and O–H groups in total. The van der Waals surface area contributed by atoms with Gasteiger partial charge < -0.3 is 18.9 Å². The van der Waals surface area contributed by atoms with Crippen molar-refractivity contribution < 1.29 is 18.9 Å². The van der Waals surface area contributed by atoms with Gasteiger partial charge in [-0.3, -0.25) is 14.3 Å². The quantitative estimate of drug-likeness (QED) is 0.397. The molecule has 3 heterocycles. The van der Waals surface area contributed by atoms with Crippen molar-refractivity contribution in [1.29, 1.82) is 0 Å². The molecule has 32 heavy (non-hydrogen) atoms. The molecular formula is C25H18N2O5. The molecule has 0 aliphatic carbocycles. The zero-order chi connectivity index (χ0) is 21.8. The molecule has 1 aliphatic heterocycles. The zero-order valence-corrected chi connectivity index (χ0v) is 17.4. The van der Waals surface area contributed by atoms with Crippen LogP contribution in [0.5, 0.6) is 23.0 Å². The van der Waals surface area contributed by atoms with E-state index >= 15 is 0 Å². The summed E-state index contributed by atoms with van der Waals surface area (Å²) in [4.78, 5) is 18.5. The Morgan fingerprint density at radius 3 is 2.38 bits per heavy atom. The third kappa shape index (κ3) is 2.54. The third-order valence-electron chi connectivity index (χ3n) is 5.83. The molecule has 1 aliphatic rings. The fraction of sp³-hybridized carbons (Fsp3) is 0.120. The van der Waals surface area contributed by atoms with Crippen LogP contribution < -0.4 is 24.5 Å². The lowest BCUT2D eigenvalue weighted by atomic mass is 10.0. The van der Waals surface area contributed by atoms with Crippen LogP contribution in [-0.4, -0.2) is 30.6 Å². The number of fused-ring (bicyclic) bond motifs is 5. The lowest BCUT2D eigenvalue weighted by Crippen LogP contribution is -2.20. The predicted octanol–water partition coefficient (Wildman–Crippen LogP) is 4.44. The van der Waals surface area contributed by atoms with Crippen LogP contribution in [-0.2, 0) is 0 Å². The Kier molecular flexibility index (Phi) is 3.98. The molecule has 7 nitrogen and oxygen atoms in total. The maximum absolute atomic E-state index is 13.9. The Bertz CT molecular complexity index is 1600. The average molecular weight is 426 g/mol. The van der Waals surface area contributed by atoms with Crippen molar-refractivity contribution >= 4 is 32.6 Å². The second kappa shape index (κ2) is 6.88. The molecule has 5 aromatic rings. The summed E-state index contributed by atoms with van der Waals surface area (Å²) in [5.74, 6) is 2.26. The lowest BCUT2D eigenvalue weighted by Gasteiger charge is -2.17. The van der Waals surface area contributed by atoms with E-state index in [1.165, 1.54) is 0 Å². The molecule has 0 bridgehead atoms. The van der Waals surface area contributed by atoms with E-state index in [-0.39, 0.29) is 12.4 Å². The highest BCUT2D eigenvalue weighted by molar-refractivity contribution is 6.09. The topological polar surface area (TPSA) is 71.8 Å². The minimum Gasteiger partial charge on any atom is -0.493 e. The largest absolute Gasteiger partial charge is 0.493 e. The van der Waals surface area contributed by atoms with Crippen LogP contribution in [0.15, 0.2) is 65.6 Å². The molecule has 7 heteroatoms. The van der Waals surface area contributed by atoms with Crippen molar-refractivity contribution in [3.63, 3.8) is 0 Å². The van der Waals surface area contributed by atoms with Crippen LogP contribution in [0.4, 0.5) is 0 Å². The Labute approximate surface area is 182 Å². The SMILES string of the molecule is COc1cc2c3cc4c(cc3c(=O)n(-c3cccc5cccnc35)c2cc1OC)OCO4. The van der Waals surface area contributed by atoms with Crippen molar-refractivity contribution in [1.82, 2.24) is 9.55 Å². The number of rotatable bonds is 3. The van der Waals surface area contributed by atoms with Gasteiger partial charge >= 0.3 is 0 Å². The lowest BCUT2D eigenvalue weighted by molar-refractivity contribution is 0.174. The van der Waals surface area contributed by atoms with Crippen LogP contribution in [0, 0.1) is 0 Å². The van der Waals surface area contributed by atoms with Gasteiger partial charge in [-0.1, -0.05) is 18.2 Å². The second-order valence-electron chi connectivity index (χ2n) is 7.47. The Hall–Kier alpha value is -4.26. The molecule has 2 aromatic heterocycles. The summed E-state index contributed by atoms with van der Waals surface area (Å²) < 4.78 is 23.9. The molecule has 0 radical (unpaired) electrons. The number of pyridine rings is 2. The minimum absolute atomic E-state index is 0.127. The number of ether oxygens (including phenoxy) is 4. The molecule has 0 unspecified atom stereocenters. The number of aromatic nitrogens is 2. The maximum Gasteiger partial charge on any atom is 0.263 e. The van der Waals surface area contributed by atoms with E-state index < -0.39 is 0 Å². The third-order valence-corrected chi connectivity index (χ3v) is 5.83. The summed E-state index contributed by atoms with van der Waals surface area (Å²) in [6.45, 7) is 0.127. The van der Waals surface area contributed by atoms with E-state index in [9.17, 15) is 4.79 Å². The van der Waals surface area contributed by atoms with Gasteiger partial charge in [0.05, 0.1) is 36.3 Å². The minimum atomic E-state index is -0.184. The van der Waals surface area contributed by atoms with Gasteiger partial charge in [0.15, 0.2) is 23.0 Å². The molecule has 0 atom stereocenters. The standard InChI is InChI=1S/C25H18N2O5/c1-29-20-10-16-15-9-22-23(32-13-31-22)11-17(15)25(28)27(19(16)12-21(20)30-2)18-7-3-5-14-6-4-8-26-24(14)18/h3-12H,13H2,1-2H3. The van der Waals surface area contributed by atoms with Gasteiger partial charge in [-0.15, -0.1) is 0 Å². The fourth-order valence-corrected chi connectivity index (χ4v) is 4.35. The summed E-state index contributed by atoms with van der Waals surface area (Å²) in [5, 5.41) is 3.03. The molecule has 0 saturated carbocycles. The van der Waals surface area contributed by atoms with Crippen molar-refractivity contribution in [2.75, 3.05) is 21.0 Å². The van der Waals surface area contributed by atoms with E-state index in [0.717, 1.165) is 21.7 Å². The summed E-state index contributed by atoms with van der Waals surface area (Å²) in [5.41, 5.74) is 1.91. The van der Waals surface area contributed by atoms with Gasteiger partial charge in [0, 0.05) is 28.4 Å². The number of benzene rings is 3.